The predicted molar refractivity (Wildman–Crippen MR) is 46.9 cm³/mol. The molecule has 0 radical (unpaired) electrons. The maximum absolute atomic E-state index is 10.9. The molecule has 1 fully saturated rings. The lowest BCUT2D eigenvalue weighted by Gasteiger charge is -2.21. The smallest absolute Gasteiger partial charge is 0.310 e. The van der Waals surface area contributed by atoms with Crippen LogP contribution in [-0.4, -0.2) is 23.1 Å². The molecule has 0 aromatic heterocycles. The minimum Gasteiger partial charge on any atom is -0.481 e. The second-order valence-electron chi connectivity index (χ2n) is 3.23. The Hall–Kier alpha value is -0.180. The summed E-state index contributed by atoms with van der Waals surface area (Å²) in [5.41, 5.74) is -0.376. The third kappa shape index (κ3) is 1.70. The molecule has 0 saturated heterocycles. The fourth-order valence-corrected chi connectivity index (χ4v) is 2.71. The Bertz CT molecular complexity index is 150. The highest BCUT2D eigenvalue weighted by atomic mass is 32.2. The Labute approximate surface area is 71.4 Å². The van der Waals surface area contributed by atoms with Crippen LogP contribution < -0.4 is 0 Å². The standard InChI is InChI=1S/C8H14O2S/c1-11-6-8(7(9)10)4-2-3-5-8/h2-6H2,1H3,(H,9,10). The van der Waals surface area contributed by atoms with Crippen LogP contribution in [0.2, 0.25) is 0 Å². The molecule has 0 aliphatic heterocycles. The van der Waals surface area contributed by atoms with E-state index in [4.69, 9.17) is 5.11 Å². The van der Waals surface area contributed by atoms with Crippen molar-refractivity contribution in [2.45, 2.75) is 25.7 Å². The van der Waals surface area contributed by atoms with Crippen molar-refractivity contribution in [3.63, 3.8) is 0 Å². The van der Waals surface area contributed by atoms with Crippen molar-refractivity contribution in [2.24, 2.45) is 5.41 Å². The lowest BCUT2D eigenvalue weighted by atomic mass is 9.89. The fraction of sp³-hybridized carbons (Fsp3) is 0.875. The zero-order valence-corrected chi connectivity index (χ0v) is 7.62. The first-order valence-electron chi connectivity index (χ1n) is 3.94. The Morgan fingerprint density at radius 1 is 1.55 bits per heavy atom. The van der Waals surface area contributed by atoms with Gasteiger partial charge in [0.1, 0.15) is 0 Å². The van der Waals surface area contributed by atoms with Crippen molar-refractivity contribution in [3.05, 3.63) is 0 Å². The highest BCUT2D eigenvalue weighted by Gasteiger charge is 2.40. The van der Waals surface area contributed by atoms with Gasteiger partial charge in [0.2, 0.25) is 0 Å². The van der Waals surface area contributed by atoms with Gasteiger partial charge in [0.05, 0.1) is 5.41 Å². The average molecular weight is 174 g/mol. The van der Waals surface area contributed by atoms with Gasteiger partial charge in [0, 0.05) is 5.75 Å². The Balaban J connectivity index is 2.62. The number of hydrogen-bond donors (Lipinski definition) is 1. The third-order valence-electron chi connectivity index (χ3n) is 2.43. The van der Waals surface area contributed by atoms with E-state index in [2.05, 4.69) is 0 Å². The summed E-state index contributed by atoms with van der Waals surface area (Å²) in [6.45, 7) is 0. The van der Waals surface area contributed by atoms with E-state index in [-0.39, 0.29) is 5.41 Å². The molecule has 1 saturated carbocycles. The van der Waals surface area contributed by atoms with Gasteiger partial charge >= 0.3 is 5.97 Å². The maximum atomic E-state index is 10.9. The predicted octanol–water partition coefficient (Wildman–Crippen LogP) is 1.99. The second kappa shape index (κ2) is 3.48. The first-order valence-corrected chi connectivity index (χ1v) is 5.33. The number of aliphatic carboxylic acids is 1. The van der Waals surface area contributed by atoms with E-state index in [1.165, 1.54) is 0 Å². The van der Waals surface area contributed by atoms with Crippen molar-refractivity contribution in [1.29, 1.82) is 0 Å². The molecule has 0 bridgehead atoms. The fourth-order valence-electron chi connectivity index (χ4n) is 1.75. The van der Waals surface area contributed by atoms with Crippen LogP contribution >= 0.6 is 11.8 Å². The topological polar surface area (TPSA) is 37.3 Å². The Morgan fingerprint density at radius 3 is 2.45 bits per heavy atom. The molecule has 0 amide bonds. The summed E-state index contributed by atoms with van der Waals surface area (Å²) in [6, 6.07) is 0. The van der Waals surface area contributed by atoms with Crippen molar-refractivity contribution >= 4 is 17.7 Å². The van der Waals surface area contributed by atoms with Crippen LogP contribution in [0.4, 0.5) is 0 Å². The number of carboxylic acids is 1. The van der Waals surface area contributed by atoms with Gasteiger partial charge in [0.15, 0.2) is 0 Å². The summed E-state index contributed by atoms with van der Waals surface area (Å²) in [5.74, 6) is 0.187. The maximum Gasteiger partial charge on any atom is 0.310 e. The molecule has 1 N–H and O–H groups in total. The van der Waals surface area contributed by atoms with Crippen LogP contribution in [-0.2, 0) is 4.79 Å². The molecule has 0 atom stereocenters. The van der Waals surface area contributed by atoms with E-state index in [0.717, 1.165) is 31.4 Å². The number of carbonyl (C=O) groups is 1. The molecule has 0 spiro atoms. The lowest BCUT2D eigenvalue weighted by Crippen LogP contribution is -2.30. The molecule has 64 valence electrons. The van der Waals surface area contributed by atoms with Crippen LogP contribution in [0.1, 0.15) is 25.7 Å². The van der Waals surface area contributed by atoms with Gasteiger partial charge in [-0.05, 0) is 19.1 Å². The van der Waals surface area contributed by atoms with Gasteiger partial charge in [0.25, 0.3) is 0 Å². The third-order valence-corrected chi connectivity index (χ3v) is 3.28. The van der Waals surface area contributed by atoms with E-state index in [9.17, 15) is 4.79 Å². The number of thioether (sulfide) groups is 1. The lowest BCUT2D eigenvalue weighted by molar-refractivity contribution is -0.147. The highest BCUT2D eigenvalue weighted by Crippen LogP contribution is 2.40. The van der Waals surface area contributed by atoms with Gasteiger partial charge in [-0.1, -0.05) is 12.8 Å². The molecule has 11 heavy (non-hydrogen) atoms. The number of carboxylic acid groups (broad SMARTS) is 1. The quantitative estimate of drug-likeness (QED) is 0.711. The summed E-state index contributed by atoms with van der Waals surface area (Å²) in [6.07, 6.45) is 5.91. The van der Waals surface area contributed by atoms with Crippen LogP contribution in [0, 0.1) is 5.41 Å². The van der Waals surface area contributed by atoms with Gasteiger partial charge < -0.3 is 5.11 Å². The van der Waals surface area contributed by atoms with Crippen molar-refractivity contribution in [2.75, 3.05) is 12.0 Å². The molecular weight excluding hydrogens is 160 g/mol. The zero-order chi connectivity index (χ0) is 8.32. The molecule has 0 heterocycles. The molecular formula is C8H14O2S. The Kier molecular flexibility index (Phi) is 2.82. The normalized spacial score (nSPS) is 21.9. The summed E-state index contributed by atoms with van der Waals surface area (Å²) in [4.78, 5) is 10.9. The van der Waals surface area contributed by atoms with Crippen LogP contribution in [0.15, 0.2) is 0 Å². The average Bonchev–Trinajstić information content (AvgIpc) is 2.38. The number of rotatable bonds is 3. The summed E-state index contributed by atoms with van der Waals surface area (Å²) in [5, 5.41) is 8.98. The van der Waals surface area contributed by atoms with Crippen LogP contribution in [0.25, 0.3) is 0 Å². The minimum atomic E-state index is -0.593. The van der Waals surface area contributed by atoms with E-state index < -0.39 is 5.97 Å². The molecule has 1 rings (SSSR count). The second-order valence-corrected chi connectivity index (χ2v) is 4.09. The summed E-state index contributed by atoms with van der Waals surface area (Å²) in [7, 11) is 0. The van der Waals surface area contributed by atoms with Gasteiger partial charge in [-0.2, -0.15) is 11.8 Å². The zero-order valence-electron chi connectivity index (χ0n) is 6.80. The highest BCUT2D eigenvalue weighted by molar-refractivity contribution is 7.98. The van der Waals surface area contributed by atoms with Crippen molar-refractivity contribution < 1.29 is 9.90 Å². The van der Waals surface area contributed by atoms with E-state index >= 15 is 0 Å². The van der Waals surface area contributed by atoms with Crippen LogP contribution in [0.5, 0.6) is 0 Å². The monoisotopic (exact) mass is 174 g/mol. The summed E-state index contributed by atoms with van der Waals surface area (Å²) >= 11 is 1.65. The Morgan fingerprint density at radius 2 is 2.09 bits per heavy atom. The van der Waals surface area contributed by atoms with E-state index in [0.29, 0.717) is 0 Å². The van der Waals surface area contributed by atoms with Crippen molar-refractivity contribution in [1.82, 2.24) is 0 Å². The number of hydrogen-bond acceptors (Lipinski definition) is 2. The molecule has 1 aliphatic rings. The molecule has 0 aromatic rings. The van der Waals surface area contributed by atoms with Crippen LogP contribution in [0.3, 0.4) is 0 Å². The molecule has 0 aromatic carbocycles. The van der Waals surface area contributed by atoms with E-state index in [1.54, 1.807) is 11.8 Å². The minimum absolute atomic E-state index is 0.376. The van der Waals surface area contributed by atoms with E-state index in [1.807, 2.05) is 6.26 Å². The van der Waals surface area contributed by atoms with Gasteiger partial charge in [-0.15, -0.1) is 0 Å². The van der Waals surface area contributed by atoms with Gasteiger partial charge in [-0.3, -0.25) is 4.79 Å². The SMILES string of the molecule is CSCC1(C(=O)O)CCCC1. The summed E-state index contributed by atoms with van der Waals surface area (Å²) < 4.78 is 0. The van der Waals surface area contributed by atoms with Gasteiger partial charge in [-0.25, -0.2) is 0 Å². The molecule has 3 heteroatoms. The molecule has 1 aliphatic carbocycles. The first kappa shape index (κ1) is 8.91. The van der Waals surface area contributed by atoms with Crippen molar-refractivity contribution in [3.8, 4) is 0 Å². The largest absolute Gasteiger partial charge is 0.481 e. The molecule has 2 nitrogen and oxygen atoms in total. The molecule has 0 unspecified atom stereocenters. The first-order chi connectivity index (χ1) is 5.21.